The number of hydrogen-bond acceptors (Lipinski definition) is 5. The highest BCUT2D eigenvalue weighted by molar-refractivity contribution is 7.15. The summed E-state index contributed by atoms with van der Waals surface area (Å²) in [5.41, 5.74) is 0. The monoisotopic (exact) mass is 275 g/mol. The Morgan fingerprint density at radius 3 is 2.76 bits per heavy atom. The van der Waals surface area contributed by atoms with E-state index in [4.69, 9.17) is 16.7 Å². The highest BCUT2D eigenvalue weighted by Crippen LogP contribution is 2.19. The van der Waals surface area contributed by atoms with Crippen LogP contribution in [0, 0.1) is 0 Å². The smallest absolute Gasteiger partial charge is 0.183 e. The standard InChI is InChI=1S/C11H18ClN3OS/c12-11-13-8-10(17-11)9-15-3-1-2-14(4-5-15)6-7-16/h8,16H,1-7,9H2. The molecule has 0 saturated carbocycles. The van der Waals surface area contributed by atoms with Crippen molar-refractivity contribution in [2.75, 3.05) is 39.3 Å². The number of β-amino-alcohol motifs (C(OH)–C–C–N with tert-alkyl or cyclic N) is 1. The Hall–Kier alpha value is -0.200. The summed E-state index contributed by atoms with van der Waals surface area (Å²) in [6, 6.07) is 0. The molecule has 17 heavy (non-hydrogen) atoms. The van der Waals surface area contributed by atoms with Crippen molar-refractivity contribution < 1.29 is 5.11 Å². The predicted octanol–water partition coefficient (Wildman–Crippen LogP) is 1.30. The van der Waals surface area contributed by atoms with Crippen molar-refractivity contribution >= 4 is 22.9 Å². The Kier molecular flexibility index (Phi) is 5.18. The summed E-state index contributed by atoms with van der Waals surface area (Å²) in [7, 11) is 0. The summed E-state index contributed by atoms with van der Waals surface area (Å²) < 4.78 is 0.622. The summed E-state index contributed by atoms with van der Waals surface area (Å²) in [5, 5.41) is 8.94. The van der Waals surface area contributed by atoms with Gasteiger partial charge in [-0.15, -0.1) is 11.3 Å². The van der Waals surface area contributed by atoms with Crippen LogP contribution in [0.2, 0.25) is 4.47 Å². The van der Waals surface area contributed by atoms with Crippen LogP contribution < -0.4 is 0 Å². The van der Waals surface area contributed by atoms with Gasteiger partial charge in [0.05, 0.1) is 6.61 Å². The zero-order valence-electron chi connectivity index (χ0n) is 9.81. The molecule has 2 heterocycles. The van der Waals surface area contributed by atoms with Gasteiger partial charge < -0.3 is 5.11 Å². The lowest BCUT2D eigenvalue weighted by Crippen LogP contribution is -2.32. The number of hydrogen-bond donors (Lipinski definition) is 1. The highest BCUT2D eigenvalue weighted by atomic mass is 35.5. The van der Waals surface area contributed by atoms with Crippen LogP contribution in [0.15, 0.2) is 6.20 Å². The normalized spacial score (nSPS) is 19.4. The van der Waals surface area contributed by atoms with E-state index in [2.05, 4.69) is 14.8 Å². The number of aliphatic hydroxyl groups excluding tert-OH is 1. The number of halogens is 1. The topological polar surface area (TPSA) is 39.6 Å². The molecule has 96 valence electrons. The van der Waals surface area contributed by atoms with Gasteiger partial charge in [-0.05, 0) is 19.5 Å². The van der Waals surface area contributed by atoms with Crippen LogP contribution in [-0.2, 0) is 6.54 Å². The molecular formula is C11H18ClN3OS. The molecule has 0 radical (unpaired) electrons. The van der Waals surface area contributed by atoms with Crippen LogP contribution in [0.5, 0.6) is 0 Å². The Bertz CT molecular complexity index is 347. The van der Waals surface area contributed by atoms with Gasteiger partial charge in [-0.3, -0.25) is 9.80 Å². The lowest BCUT2D eigenvalue weighted by molar-refractivity contribution is 0.196. The molecule has 0 bridgehead atoms. The molecule has 0 unspecified atom stereocenters. The zero-order valence-corrected chi connectivity index (χ0v) is 11.4. The Morgan fingerprint density at radius 1 is 1.29 bits per heavy atom. The Morgan fingerprint density at radius 2 is 2.06 bits per heavy atom. The molecule has 0 aromatic carbocycles. The molecule has 1 N–H and O–H groups in total. The van der Waals surface area contributed by atoms with Crippen LogP contribution in [-0.4, -0.2) is 59.2 Å². The Balaban J connectivity index is 1.82. The molecule has 1 aromatic rings. The van der Waals surface area contributed by atoms with Gasteiger partial charge in [0.1, 0.15) is 0 Å². The average molecular weight is 276 g/mol. The van der Waals surface area contributed by atoms with Crippen LogP contribution in [0.25, 0.3) is 0 Å². The van der Waals surface area contributed by atoms with Gasteiger partial charge in [0.15, 0.2) is 4.47 Å². The van der Waals surface area contributed by atoms with Gasteiger partial charge in [-0.1, -0.05) is 11.6 Å². The minimum Gasteiger partial charge on any atom is -0.395 e. The Labute approximate surface area is 111 Å². The van der Waals surface area contributed by atoms with Crippen molar-refractivity contribution in [1.29, 1.82) is 0 Å². The van der Waals surface area contributed by atoms with Crippen molar-refractivity contribution in [3.63, 3.8) is 0 Å². The SMILES string of the molecule is OCCN1CCCN(Cc2cnc(Cl)s2)CC1. The van der Waals surface area contributed by atoms with Gasteiger partial charge in [0.2, 0.25) is 0 Å². The predicted molar refractivity (Wildman–Crippen MR) is 70.5 cm³/mol. The summed E-state index contributed by atoms with van der Waals surface area (Å²) in [6.07, 6.45) is 3.02. The molecule has 1 saturated heterocycles. The van der Waals surface area contributed by atoms with Crippen molar-refractivity contribution in [3.8, 4) is 0 Å². The molecule has 0 amide bonds. The van der Waals surface area contributed by atoms with Crippen LogP contribution in [0.1, 0.15) is 11.3 Å². The highest BCUT2D eigenvalue weighted by Gasteiger charge is 2.15. The maximum absolute atomic E-state index is 8.94. The first-order valence-corrected chi connectivity index (χ1v) is 7.13. The van der Waals surface area contributed by atoms with E-state index in [-0.39, 0.29) is 6.61 Å². The van der Waals surface area contributed by atoms with E-state index in [9.17, 15) is 0 Å². The van der Waals surface area contributed by atoms with Crippen LogP contribution in [0.3, 0.4) is 0 Å². The van der Waals surface area contributed by atoms with Gasteiger partial charge in [-0.2, -0.15) is 0 Å². The van der Waals surface area contributed by atoms with E-state index >= 15 is 0 Å². The fourth-order valence-corrected chi connectivity index (χ4v) is 3.15. The number of aliphatic hydroxyl groups is 1. The minimum absolute atomic E-state index is 0.254. The number of thiazole rings is 1. The van der Waals surface area contributed by atoms with Gasteiger partial charge in [0, 0.05) is 37.3 Å². The van der Waals surface area contributed by atoms with E-state index in [1.807, 2.05) is 6.20 Å². The zero-order chi connectivity index (χ0) is 12.1. The van der Waals surface area contributed by atoms with Crippen LogP contribution in [0.4, 0.5) is 0 Å². The van der Waals surface area contributed by atoms with Crippen LogP contribution >= 0.6 is 22.9 Å². The second kappa shape index (κ2) is 6.66. The quantitative estimate of drug-likeness (QED) is 0.899. The first-order valence-electron chi connectivity index (χ1n) is 5.93. The molecule has 0 spiro atoms. The molecule has 1 aliphatic heterocycles. The number of aromatic nitrogens is 1. The first kappa shape index (κ1) is 13.2. The molecule has 1 aliphatic rings. The molecule has 0 aliphatic carbocycles. The second-order valence-corrected chi connectivity index (χ2v) is 5.97. The lowest BCUT2D eigenvalue weighted by Gasteiger charge is -2.20. The molecule has 0 atom stereocenters. The molecule has 4 nitrogen and oxygen atoms in total. The fraction of sp³-hybridized carbons (Fsp3) is 0.727. The molecular weight excluding hydrogens is 258 g/mol. The van der Waals surface area contributed by atoms with E-state index in [1.165, 1.54) is 4.88 Å². The minimum atomic E-state index is 0.254. The lowest BCUT2D eigenvalue weighted by atomic mass is 10.3. The summed E-state index contributed by atoms with van der Waals surface area (Å²) in [4.78, 5) is 10.0. The third-order valence-electron chi connectivity index (χ3n) is 3.00. The maximum Gasteiger partial charge on any atom is 0.183 e. The summed E-state index contributed by atoms with van der Waals surface area (Å²) >= 11 is 7.39. The third-order valence-corrected chi connectivity index (χ3v) is 4.10. The summed E-state index contributed by atoms with van der Waals surface area (Å²) in [6.45, 7) is 6.27. The van der Waals surface area contributed by atoms with E-state index < -0.39 is 0 Å². The molecule has 1 aromatic heterocycles. The largest absolute Gasteiger partial charge is 0.395 e. The summed E-state index contributed by atoms with van der Waals surface area (Å²) in [5.74, 6) is 0. The first-order chi connectivity index (χ1) is 8.28. The van der Waals surface area contributed by atoms with Gasteiger partial charge in [-0.25, -0.2) is 4.98 Å². The molecule has 1 fully saturated rings. The number of nitrogens with zero attached hydrogens (tertiary/aromatic N) is 3. The fourth-order valence-electron chi connectivity index (χ4n) is 2.12. The number of rotatable bonds is 4. The van der Waals surface area contributed by atoms with Gasteiger partial charge in [0.25, 0.3) is 0 Å². The van der Waals surface area contributed by atoms with Crippen molar-refractivity contribution in [2.45, 2.75) is 13.0 Å². The molecule has 2 rings (SSSR count). The van der Waals surface area contributed by atoms with E-state index in [1.54, 1.807) is 11.3 Å². The van der Waals surface area contributed by atoms with E-state index in [0.717, 1.165) is 45.7 Å². The van der Waals surface area contributed by atoms with E-state index in [0.29, 0.717) is 4.47 Å². The second-order valence-electron chi connectivity index (χ2n) is 4.27. The maximum atomic E-state index is 8.94. The molecule has 6 heteroatoms. The van der Waals surface area contributed by atoms with Crippen molar-refractivity contribution in [2.24, 2.45) is 0 Å². The van der Waals surface area contributed by atoms with Crippen molar-refractivity contribution in [3.05, 3.63) is 15.5 Å². The third kappa shape index (κ3) is 4.19. The van der Waals surface area contributed by atoms with Gasteiger partial charge >= 0.3 is 0 Å². The van der Waals surface area contributed by atoms with Crippen molar-refractivity contribution in [1.82, 2.24) is 14.8 Å². The average Bonchev–Trinajstić information content (AvgIpc) is 2.58.